The summed E-state index contributed by atoms with van der Waals surface area (Å²) < 4.78 is 5.42. The minimum atomic E-state index is -0.886. The molecule has 0 spiro atoms. The van der Waals surface area contributed by atoms with Crippen LogP contribution in [0.15, 0.2) is 18.2 Å². The van der Waals surface area contributed by atoms with Crippen molar-refractivity contribution in [3.8, 4) is 5.75 Å². The number of rotatable bonds is 3. The Labute approximate surface area is 133 Å². The number of nitrogens with zero attached hydrogens (tertiary/aromatic N) is 1. The molecule has 21 heavy (non-hydrogen) atoms. The van der Waals surface area contributed by atoms with E-state index in [2.05, 4.69) is 5.32 Å². The zero-order chi connectivity index (χ0) is 15.6. The second kappa shape index (κ2) is 6.12. The van der Waals surface area contributed by atoms with Gasteiger partial charge >= 0.3 is 0 Å². The fraction of sp³-hybridized carbons (Fsp3) is 0.429. The molecule has 0 unspecified atom stereocenters. The van der Waals surface area contributed by atoms with Crippen molar-refractivity contribution in [2.45, 2.75) is 19.4 Å². The molecule has 1 aliphatic heterocycles. The molecule has 1 saturated heterocycles. The quantitative estimate of drug-likeness (QED) is 0.923. The zero-order valence-electron chi connectivity index (χ0n) is 11.8. The van der Waals surface area contributed by atoms with Gasteiger partial charge in [0.15, 0.2) is 6.61 Å². The van der Waals surface area contributed by atoms with E-state index in [4.69, 9.17) is 27.9 Å². The molecule has 0 saturated carbocycles. The van der Waals surface area contributed by atoms with Crippen LogP contribution in [-0.4, -0.2) is 41.9 Å². The molecule has 7 heteroatoms. The maximum atomic E-state index is 12.3. The molecule has 1 aromatic rings. The first-order valence-electron chi connectivity index (χ1n) is 6.49. The summed E-state index contributed by atoms with van der Waals surface area (Å²) in [6, 6.07) is 4.78. The molecule has 1 aromatic carbocycles. The Morgan fingerprint density at radius 3 is 2.81 bits per heavy atom. The summed E-state index contributed by atoms with van der Waals surface area (Å²) in [4.78, 5) is 25.6. The van der Waals surface area contributed by atoms with Crippen LogP contribution < -0.4 is 10.1 Å². The molecular formula is C14H16Cl2N2O3. The van der Waals surface area contributed by atoms with Gasteiger partial charge in [0.05, 0.1) is 5.02 Å². The van der Waals surface area contributed by atoms with E-state index in [1.807, 2.05) is 0 Å². The molecular weight excluding hydrogens is 315 g/mol. The van der Waals surface area contributed by atoms with Crippen LogP contribution in [0.4, 0.5) is 0 Å². The highest BCUT2D eigenvalue weighted by Crippen LogP contribution is 2.27. The van der Waals surface area contributed by atoms with Gasteiger partial charge in [0.2, 0.25) is 5.91 Å². The van der Waals surface area contributed by atoms with Crippen molar-refractivity contribution in [3.63, 3.8) is 0 Å². The van der Waals surface area contributed by atoms with Crippen molar-refractivity contribution >= 4 is 35.0 Å². The molecule has 114 valence electrons. The van der Waals surface area contributed by atoms with E-state index in [0.717, 1.165) is 0 Å². The summed E-state index contributed by atoms with van der Waals surface area (Å²) in [7, 11) is 0. The number of hydrogen-bond acceptors (Lipinski definition) is 3. The van der Waals surface area contributed by atoms with Crippen LogP contribution in [-0.2, 0) is 9.59 Å². The summed E-state index contributed by atoms with van der Waals surface area (Å²) in [6.07, 6.45) is 0. The molecule has 2 rings (SSSR count). The third-order valence-corrected chi connectivity index (χ3v) is 3.93. The van der Waals surface area contributed by atoms with Gasteiger partial charge in [0.1, 0.15) is 11.3 Å². The Morgan fingerprint density at radius 2 is 2.14 bits per heavy atom. The van der Waals surface area contributed by atoms with Gasteiger partial charge in [0.25, 0.3) is 5.91 Å². The molecule has 1 N–H and O–H groups in total. The molecule has 0 bridgehead atoms. The molecule has 5 nitrogen and oxygen atoms in total. The smallest absolute Gasteiger partial charge is 0.261 e. The average Bonchev–Trinajstić information content (AvgIpc) is 2.40. The monoisotopic (exact) mass is 330 g/mol. The molecule has 0 aliphatic carbocycles. The lowest BCUT2D eigenvalue weighted by Crippen LogP contribution is -2.64. The van der Waals surface area contributed by atoms with Crippen molar-refractivity contribution in [3.05, 3.63) is 28.2 Å². The SMILES string of the molecule is CC1(C)C(=O)NCCN1C(=O)COc1ccc(Cl)cc1Cl. The van der Waals surface area contributed by atoms with E-state index >= 15 is 0 Å². The number of halogens is 2. The lowest BCUT2D eigenvalue weighted by Gasteiger charge is -2.41. The van der Waals surface area contributed by atoms with Gasteiger partial charge in [-0.3, -0.25) is 9.59 Å². The number of nitrogens with one attached hydrogen (secondary N) is 1. The Morgan fingerprint density at radius 1 is 1.43 bits per heavy atom. The van der Waals surface area contributed by atoms with Crippen molar-refractivity contribution in [2.75, 3.05) is 19.7 Å². The highest BCUT2D eigenvalue weighted by atomic mass is 35.5. The van der Waals surface area contributed by atoms with E-state index in [0.29, 0.717) is 28.9 Å². The largest absolute Gasteiger partial charge is 0.482 e. The Kier molecular flexibility index (Phi) is 4.64. The lowest BCUT2D eigenvalue weighted by molar-refractivity contribution is -0.150. The van der Waals surface area contributed by atoms with Gasteiger partial charge < -0.3 is 15.0 Å². The van der Waals surface area contributed by atoms with E-state index in [-0.39, 0.29) is 18.4 Å². The Balaban J connectivity index is 2.03. The summed E-state index contributed by atoms with van der Waals surface area (Å²) in [5.41, 5.74) is -0.886. The van der Waals surface area contributed by atoms with Crippen LogP contribution in [0, 0.1) is 0 Å². The first-order valence-corrected chi connectivity index (χ1v) is 7.24. The maximum Gasteiger partial charge on any atom is 0.261 e. The molecule has 1 heterocycles. The van der Waals surface area contributed by atoms with Gasteiger partial charge in [0, 0.05) is 18.1 Å². The second-order valence-electron chi connectivity index (χ2n) is 5.22. The minimum Gasteiger partial charge on any atom is -0.482 e. The molecule has 0 aromatic heterocycles. The van der Waals surface area contributed by atoms with E-state index in [1.165, 1.54) is 4.90 Å². The van der Waals surface area contributed by atoms with Crippen LogP contribution in [0.25, 0.3) is 0 Å². The number of carbonyl (C=O) groups is 2. The van der Waals surface area contributed by atoms with E-state index < -0.39 is 5.54 Å². The standard InChI is InChI=1S/C14H16Cl2N2O3/c1-14(2)13(20)17-5-6-18(14)12(19)8-21-11-4-3-9(15)7-10(11)16/h3-4,7H,5-6,8H2,1-2H3,(H,17,20). The molecule has 2 amide bonds. The number of carbonyl (C=O) groups excluding carboxylic acids is 2. The first kappa shape index (κ1) is 15.9. The summed E-state index contributed by atoms with van der Waals surface area (Å²) in [5, 5.41) is 3.57. The van der Waals surface area contributed by atoms with Gasteiger partial charge in [-0.15, -0.1) is 0 Å². The van der Waals surface area contributed by atoms with Gasteiger partial charge in [-0.2, -0.15) is 0 Å². The fourth-order valence-electron chi connectivity index (χ4n) is 2.15. The van der Waals surface area contributed by atoms with Crippen LogP contribution in [0.1, 0.15) is 13.8 Å². The van der Waals surface area contributed by atoms with Gasteiger partial charge in [-0.1, -0.05) is 23.2 Å². The normalized spacial score (nSPS) is 17.3. The molecule has 0 atom stereocenters. The van der Waals surface area contributed by atoms with E-state index in [9.17, 15) is 9.59 Å². The van der Waals surface area contributed by atoms with Crippen LogP contribution in [0.5, 0.6) is 5.75 Å². The first-order chi connectivity index (χ1) is 9.82. The highest BCUT2D eigenvalue weighted by Gasteiger charge is 2.40. The molecule has 0 radical (unpaired) electrons. The molecule has 1 aliphatic rings. The lowest BCUT2D eigenvalue weighted by atomic mass is 9.99. The summed E-state index contributed by atoms with van der Waals surface area (Å²) >= 11 is 11.8. The topological polar surface area (TPSA) is 58.6 Å². The summed E-state index contributed by atoms with van der Waals surface area (Å²) in [5.74, 6) is -0.0545. The van der Waals surface area contributed by atoms with Crippen molar-refractivity contribution in [1.29, 1.82) is 0 Å². The van der Waals surface area contributed by atoms with Gasteiger partial charge in [-0.25, -0.2) is 0 Å². The third-order valence-electron chi connectivity index (χ3n) is 3.40. The number of piperazine rings is 1. The van der Waals surface area contributed by atoms with Gasteiger partial charge in [-0.05, 0) is 32.0 Å². The van der Waals surface area contributed by atoms with Crippen LogP contribution >= 0.6 is 23.2 Å². The zero-order valence-corrected chi connectivity index (χ0v) is 13.3. The van der Waals surface area contributed by atoms with Crippen molar-refractivity contribution < 1.29 is 14.3 Å². The van der Waals surface area contributed by atoms with Crippen molar-refractivity contribution in [1.82, 2.24) is 10.2 Å². The summed E-state index contributed by atoms with van der Waals surface area (Å²) in [6.45, 7) is 4.12. The van der Waals surface area contributed by atoms with Crippen LogP contribution in [0.3, 0.4) is 0 Å². The predicted molar refractivity (Wildman–Crippen MR) is 80.8 cm³/mol. The maximum absolute atomic E-state index is 12.3. The van der Waals surface area contributed by atoms with E-state index in [1.54, 1.807) is 32.0 Å². The van der Waals surface area contributed by atoms with Crippen LogP contribution in [0.2, 0.25) is 10.0 Å². The molecule has 1 fully saturated rings. The number of benzene rings is 1. The Hall–Kier alpha value is -1.46. The fourth-order valence-corrected chi connectivity index (χ4v) is 2.61. The number of amides is 2. The average molecular weight is 331 g/mol. The minimum absolute atomic E-state index is 0.174. The predicted octanol–water partition coefficient (Wildman–Crippen LogP) is 2.11. The number of ether oxygens (including phenoxy) is 1. The third kappa shape index (κ3) is 3.41. The number of hydrogen-bond donors (Lipinski definition) is 1. The van der Waals surface area contributed by atoms with Crippen molar-refractivity contribution in [2.24, 2.45) is 0 Å². The Bertz CT molecular complexity index is 575. The highest BCUT2D eigenvalue weighted by molar-refractivity contribution is 6.35. The second-order valence-corrected chi connectivity index (χ2v) is 6.07.